The third-order valence-electron chi connectivity index (χ3n) is 5.39. The predicted octanol–water partition coefficient (Wildman–Crippen LogP) is 3.32. The van der Waals surface area contributed by atoms with E-state index in [4.69, 9.17) is 0 Å². The van der Waals surface area contributed by atoms with Gasteiger partial charge in [0.05, 0.1) is 5.52 Å². The first-order valence-corrected chi connectivity index (χ1v) is 9.17. The summed E-state index contributed by atoms with van der Waals surface area (Å²) in [4.78, 5) is 22.4. The Kier molecular flexibility index (Phi) is 4.23. The molecule has 2 aliphatic rings. The number of hydrogen-bond acceptors (Lipinski definition) is 3. The van der Waals surface area contributed by atoms with Crippen molar-refractivity contribution in [3.05, 3.63) is 42.1 Å². The number of carbonyl (C=O) groups excluding carboxylic acids is 1. The normalized spacial score (nSPS) is 19.5. The largest absolute Gasteiger partial charge is 0.331 e. The van der Waals surface area contributed by atoms with E-state index in [1.54, 1.807) is 0 Å². The molecule has 1 aromatic heterocycles. The third kappa shape index (κ3) is 3.03. The summed E-state index contributed by atoms with van der Waals surface area (Å²) in [7, 11) is 0. The van der Waals surface area contributed by atoms with E-state index in [0.29, 0.717) is 17.8 Å². The first kappa shape index (κ1) is 15.6. The monoisotopic (exact) mass is 323 g/mol. The molecule has 0 bridgehead atoms. The van der Waals surface area contributed by atoms with Gasteiger partial charge < -0.3 is 9.80 Å². The topological polar surface area (TPSA) is 36.4 Å². The highest BCUT2D eigenvalue weighted by Gasteiger charge is 2.39. The average molecular weight is 323 g/mol. The SMILES string of the molecule is CCN1CCC(N(C(=O)c2ccc3ccccc3n2)C2CC2)CC1. The van der Waals surface area contributed by atoms with Gasteiger partial charge in [0.1, 0.15) is 5.69 Å². The fourth-order valence-electron chi connectivity index (χ4n) is 3.81. The van der Waals surface area contributed by atoms with Gasteiger partial charge in [-0.05, 0) is 44.4 Å². The van der Waals surface area contributed by atoms with Crippen molar-refractivity contribution in [2.24, 2.45) is 0 Å². The number of amides is 1. The Balaban J connectivity index is 1.57. The van der Waals surface area contributed by atoms with Gasteiger partial charge in [-0.1, -0.05) is 31.2 Å². The van der Waals surface area contributed by atoms with E-state index in [-0.39, 0.29) is 5.91 Å². The zero-order valence-electron chi connectivity index (χ0n) is 14.3. The molecule has 1 aliphatic carbocycles. The minimum absolute atomic E-state index is 0.123. The van der Waals surface area contributed by atoms with E-state index in [9.17, 15) is 4.79 Å². The molecule has 2 aromatic rings. The number of likely N-dealkylation sites (tertiary alicyclic amines) is 1. The van der Waals surface area contributed by atoms with Gasteiger partial charge in [0, 0.05) is 30.6 Å². The molecule has 4 nitrogen and oxygen atoms in total. The lowest BCUT2D eigenvalue weighted by Crippen LogP contribution is -2.48. The Morgan fingerprint density at radius 1 is 1.08 bits per heavy atom. The Bertz CT molecular complexity index is 732. The molecule has 0 radical (unpaired) electrons. The number of rotatable bonds is 4. The van der Waals surface area contributed by atoms with Crippen LogP contribution in [0, 0.1) is 0 Å². The maximum absolute atomic E-state index is 13.2. The van der Waals surface area contributed by atoms with E-state index in [1.807, 2.05) is 36.4 Å². The summed E-state index contributed by atoms with van der Waals surface area (Å²) in [6.45, 7) is 5.52. The van der Waals surface area contributed by atoms with Crippen molar-refractivity contribution in [2.75, 3.05) is 19.6 Å². The van der Waals surface area contributed by atoms with Crippen LogP contribution in [0.4, 0.5) is 0 Å². The summed E-state index contributed by atoms with van der Waals surface area (Å²) < 4.78 is 0. The Labute approximate surface area is 143 Å². The second kappa shape index (κ2) is 6.52. The van der Waals surface area contributed by atoms with Crippen molar-refractivity contribution >= 4 is 16.8 Å². The Hall–Kier alpha value is -1.94. The van der Waals surface area contributed by atoms with Crippen LogP contribution in [0.15, 0.2) is 36.4 Å². The first-order chi connectivity index (χ1) is 11.8. The highest BCUT2D eigenvalue weighted by Crippen LogP contribution is 2.33. The minimum atomic E-state index is 0.123. The zero-order chi connectivity index (χ0) is 16.5. The summed E-state index contributed by atoms with van der Waals surface area (Å²) in [6.07, 6.45) is 4.47. The van der Waals surface area contributed by atoms with Crippen molar-refractivity contribution in [3.8, 4) is 0 Å². The summed E-state index contributed by atoms with van der Waals surface area (Å²) >= 11 is 0. The highest BCUT2D eigenvalue weighted by atomic mass is 16.2. The summed E-state index contributed by atoms with van der Waals surface area (Å²) in [6, 6.07) is 12.7. The summed E-state index contributed by atoms with van der Waals surface area (Å²) in [5.74, 6) is 0.123. The van der Waals surface area contributed by atoms with Crippen LogP contribution in [0.2, 0.25) is 0 Å². The number of para-hydroxylation sites is 1. The van der Waals surface area contributed by atoms with E-state index in [0.717, 1.165) is 56.2 Å². The number of fused-ring (bicyclic) bond motifs is 1. The van der Waals surface area contributed by atoms with E-state index in [2.05, 4.69) is 21.7 Å². The van der Waals surface area contributed by atoms with Crippen molar-refractivity contribution in [1.82, 2.24) is 14.8 Å². The van der Waals surface area contributed by atoms with Crippen LogP contribution in [0.25, 0.3) is 10.9 Å². The number of pyridine rings is 1. The van der Waals surface area contributed by atoms with E-state index >= 15 is 0 Å². The van der Waals surface area contributed by atoms with Crippen molar-refractivity contribution in [1.29, 1.82) is 0 Å². The van der Waals surface area contributed by atoms with Gasteiger partial charge in [-0.3, -0.25) is 4.79 Å². The van der Waals surface area contributed by atoms with Crippen molar-refractivity contribution in [3.63, 3.8) is 0 Å². The van der Waals surface area contributed by atoms with Crippen molar-refractivity contribution in [2.45, 2.75) is 44.7 Å². The lowest BCUT2D eigenvalue weighted by molar-refractivity contribution is 0.0549. The number of nitrogens with zero attached hydrogens (tertiary/aromatic N) is 3. The molecule has 2 heterocycles. The number of piperidine rings is 1. The molecular weight excluding hydrogens is 298 g/mol. The molecule has 0 spiro atoms. The van der Waals surface area contributed by atoms with Gasteiger partial charge in [-0.15, -0.1) is 0 Å². The molecular formula is C20H25N3O. The second-order valence-electron chi connectivity index (χ2n) is 7.00. The number of hydrogen-bond donors (Lipinski definition) is 0. The maximum Gasteiger partial charge on any atom is 0.272 e. The van der Waals surface area contributed by atoms with Crippen LogP contribution in [0.5, 0.6) is 0 Å². The fraction of sp³-hybridized carbons (Fsp3) is 0.500. The maximum atomic E-state index is 13.2. The van der Waals surface area contributed by atoms with Crippen LogP contribution in [0.1, 0.15) is 43.1 Å². The van der Waals surface area contributed by atoms with Crippen molar-refractivity contribution < 1.29 is 4.79 Å². The fourth-order valence-corrected chi connectivity index (χ4v) is 3.81. The molecule has 4 heteroatoms. The molecule has 0 N–H and O–H groups in total. The molecule has 1 aliphatic heterocycles. The number of benzene rings is 1. The van der Waals surface area contributed by atoms with Gasteiger partial charge in [-0.2, -0.15) is 0 Å². The molecule has 1 amide bonds. The molecule has 1 saturated carbocycles. The molecule has 4 rings (SSSR count). The van der Waals surface area contributed by atoms with Gasteiger partial charge in [0.2, 0.25) is 0 Å². The summed E-state index contributed by atoms with van der Waals surface area (Å²) in [5, 5.41) is 1.09. The van der Waals surface area contributed by atoms with Crippen LogP contribution in [-0.2, 0) is 0 Å². The molecule has 0 atom stereocenters. The minimum Gasteiger partial charge on any atom is -0.331 e. The molecule has 0 unspecified atom stereocenters. The smallest absolute Gasteiger partial charge is 0.272 e. The van der Waals surface area contributed by atoms with Crippen LogP contribution in [0.3, 0.4) is 0 Å². The quantitative estimate of drug-likeness (QED) is 0.866. The molecule has 1 saturated heterocycles. The lowest BCUT2D eigenvalue weighted by Gasteiger charge is -2.38. The van der Waals surface area contributed by atoms with E-state index < -0.39 is 0 Å². The van der Waals surface area contributed by atoms with Crippen LogP contribution < -0.4 is 0 Å². The lowest BCUT2D eigenvalue weighted by atomic mass is 10.0. The summed E-state index contributed by atoms with van der Waals surface area (Å²) in [5.41, 5.74) is 1.50. The number of carbonyl (C=O) groups is 1. The van der Waals surface area contributed by atoms with Crippen LogP contribution in [-0.4, -0.2) is 52.4 Å². The van der Waals surface area contributed by atoms with Gasteiger partial charge in [0.15, 0.2) is 0 Å². The predicted molar refractivity (Wildman–Crippen MR) is 96.1 cm³/mol. The third-order valence-corrected chi connectivity index (χ3v) is 5.39. The molecule has 126 valence electrons. The molecule has 1 aromatic carbocycles. The Morgan fingerprint density at radius 2 is 1.79 bits per heavy atom. The number of aromatic nitrogens is 1. The zero-order valence-corrected chi connectivity index (χ0v) is 14.3. The standard InChI is InChI=1S/C20H25N3O/c1-2-22-13-11-17(12-14-22)23(16-8-9-16)20(24)19-10-7-15-5-3-4-6-18(15)21-19/h3-7,10,16-17H,2,8-9,11-14H2,1H3. The Morgan fingerprint density at radius 3 is 2.50 bits per heavy atom. The van der Waals surface area contributed by atoms with Gasteiger partial charge in [0.25, 0.3) is 5.91 Å². The molecule has 2 fully saturated rings. The molecule has 24 heavy (non-hydrogen) atoms. The van der Waals surface area contributed by atoms with E-state index in [1.165, 1.54) is 0 Å². The van der Waals surface area contributed by atoms with Gasteiger partial charge >= 0.3 is 0 Å². The first-order valence-electron chi connectivity index (χ1n) is 9.17. The second-order valence-corrected chi connectivity index (χ2v) is 7.00. The van der Waals surface area contributed by atoms with Gasteiger partial charge in [-0.25, -0.2) is 4.98 Å². The average Bonchev–Trinajstić information content (AvgIpc) is 3.47. The highest BCUT2D eigenvalue weighted by molar-refractivity contribution is 5.95. The van der Waals surface area contributed by atoms with Crippen LogP contribution >= 0.6 is 0 Å².